The van der Waals surface area contributed by atoms with Crippen LogP contribution in [0.5, 0.6) is 11.5 Å². The van der Waals surface area contributed by atoms with Gasteiger partial charge in [-0.15, -0.1) is 0 Å². The summed E-state index contributed by atoms with van der Waals surface area (Å²) in [6.45, 7) is 14.0. The fourth-order valence-corrected chi connectivity index (χ4v) is 5.37. The molecule has 0 saturated carbocycles. The Labute approximate surface area is 162 Å². The molecule has 1 aliphatic heterocycles. The molecule has 1 aromatic rings. The molecule has 0 saturated heterocycles. The normalized spacial score (nSPS) is 31.2. The molecule has 2 aliphatic rings. The van der Waals surface area contributed by atoms with Crippen molar-refractivity contribution < 1.29 is 19.4 Å². The van der Waals surface area contributed by atoms with Crippen LogP contribution in [-0.2, 0) is 16.6 Å². The predicted molar refractivity (Wildman–Crippen MR) is 106 cm³/mol. The van der Waals surface area contributed by atoms with E-state index in [0.717, 1.165) is 43.2 Å². The van der Waals surface area contributed by atoms with Crippen molar-refractivity contribution in [3.05, 3.63) is 35.4 Å². The second-order valence-corrected chi connectivity index (χ2v) is 8.21. The molecular weight excluding hydrogens is 340 g/mol. The van der Waals surface area contributed by atoms with Crippen LogP contribution in [-0.4, -0.2) is 22.8 Å². The molecule has 1 N–H and O–H groups in total. The zero-order valence-corrected chi connectivity index (χ0v) is 17.2. The Morgan fingerprint density at radius 3 is 2.63 bits per heavy atom. The van der Waals surface area contributed by atoms with Gasteiger partial charge in [0.1, 0.15) is 6.10 Å². The highest BCUT2D eigenvalue weighted by atomic mass is 16.6. The first-order chi connectivity index (χ1) is 12.7. The van der Waals surface area contributed by atoms with Crippen molar-refractivity contribution in [1.29, 1.82) is 0 Å². The van der Waals surface area contributed by atoms with Gasteiger partial charge in [-0.3, -0.25) is 4.79 Å². The van der Waals surface area contributed by atoms with Gasteiger partial charge in [0.05, 0.1) is 11.0 Å². The number of benzene rings is 1. The molecule has 148 valence electrons. The van der Waals surface area contributed by atoms with Gasteiger partial charge in [0.15, 0.2) is 11.5 Å². The van der Waals surface area contributed by atoms with E-state index >= 15 is 0 Å². The van der Waals surface area contributed by atoms with Crippen LogP contribution in [0.3, 0.4) is 0 Å². The molecule has 4 unspecified atom stereocenters. The molecule has 3 rings (SSSR count). The van der Waals surface area contributed by atoms with Gasteiger partial charge in [-0.2, -0.15) is 0 Å². The van der Waals surface area contributed by atoms with Crippen LogP contribution in [0, 0.1) is 5.92 Å². The summed E-state index contributed by atoms with van der Waals surface area (Å²) in [5.41, 5.74) is 1.68. The molecule has 27 heavy (non-hydrogen) atoms. The molecule has 1 aromatic carbocycles. The number of aliphatic hydroxyl groups is 1. The first-order valence-electron chi connectivity index (χ1n) is 10.2. The summed E-state index contributed by atoms with van der Waals surface area (Å²) in [6, 6.07) is 3.87. The van der Waals surface area contributed by atoms with Gasteiger partial charge in [0.2, 0.25) is 0 Å². The van der Waals surface area contributed by atoms with Crippen LogP contribution in [0.1, 0.15) is 71.4 Å². The van der Waals surface area contributed by atoms with Gasteiger partial charge in [0, 0.05) is 12.5 Å². The maximum Gasteiger partial charge on any atom is 0.308 e. The highest BCUT2D eigenvalue weighted by Crippen LogP contribution is 2.62. The molecule has 0 bridgehead atoms. The van der Waals surface area contributed by atoms with Crippen LogP contribution in [0.15, 0.2) is 24.3 Å². The topological polar surface area (TPSA) is 55.8 Å². The summed E-state index contributed by atoms with van der Waals surface area (Å²) in [4.78, 5) is 11.6. The van der Waals surface area contributed by atoms with Crippen LogP contribution < -0.4 is 9.47 Å². The lowest BCUT2D eigenvalue weighted by molar-refractivity contribution is -0.132. The summed E-state index contributed by atoms with van der Waals surface area (Å²) in [6.07, 6.45) is 3.85. The van der Waals surface area contributed by atoms with Crippen molar-refractivity contribution >= 4 is 5.97 Å². The van der Waals surface area contributed by atoms with Gasteiger partial charge in [0.25, 0.3) is 0 Å². The fourth-order valence-electron chi connectivity index (χ4n) is 5.37. The average molecular weight is 373 g/mol. The SMILES string of the molecule is C=C(CC)C1Oc2c(OC(C)=O)ccc3c2C1(CCC)C(C)(O)C(CC)C3. The summed E-state index contributed by atoms with van der Waals surface area (Å²) >= 11 is 0. The highest BCUT2D eigenvalue weighted by Gasteiger charge is 2.65. The van der Waals surface area contributed by atoms with Crippen molar-refractivity contribution in [2.24, 2.45) is 5.92 Å². The third-order valence-corrected chi connectivity index (χ3v) is 6.72. The van der Waals surface area contributed by atoms with E-state index < -0.39 is 11.0 Å². The van der Waals surface area contributed by atoms with Crippen LogP contribution >= 0.6 is 0 Å². The third-order valence-electron chi connectivity index (χ3n) is 6.72. The standard InChI is InChI=1S/C23H32O4/c1-7-12-23-19-16(13-17(9-3)22(23,6)25)10-11-18(26-15(5)24)20(19)27-21(23)14(4)8-2/h10-11,17,21,25H,4,7-9,12-13H2,1-3,5-6H3. The van der Waals surface area contributed by atoms with E-state index in [2.05, 4.69) is 27.4 Å². The first kappa shape index (κ1) is 19.9. The highest BCUT2D eigenvalue weighted by molar-refractivity contribution is 5.72. The molecule has 0 amide bonds. The lowest BCUT2D eigenvalue weighted by Gasteiger charge is -2.53. The number of carbonyl (C=O) groups excluding carboxylic acids is 1. The Kier molecular flexibility index (Phi) is 5.15. The van der Waals surface area contributed by atoms with E-state index in [4.69, 9.17) is 9.47 Å². The summed E-state index contributed by atoms with van der Waals surface area (Å²) in [5.74, 6) is 0.824. The van der Waals surface area contributed by atoms with Gasteiger partial charge in [-0.1, -0.05) is 46.3 Å². The minimum Gasteiger partial charge on any atom is -0.481 e. The molecule has 0 aromatic heterocycles. The number of ether oxygens (including phenoxy) is 2. The average Bonchev–Trinajstić information content (AvgIpc) is 2.97. The van der Waals surface area contributed by atoms with Gasteiger partial charge in [-0.25, -0.2) is 0 Å². The lowest BCUT2D eigenvalue weighted by atomic mass is 9.52. The minimum absolute atomic E-state index is 0.137. The largest absolute Gasteiger partial charge is 0.481 e. The van der Waals surface area contributed by atoms with E-state index in [1.165, 1.54) is 12.5 Å². The second kappa shape index (κ2) is 6.97. The molecule has 4 nitrogen and oxygen atoms in total. The fraction of sp³-hybridized carbons (Fsp3) is 0.609. The molecule has 1 aliphatic carbocycles. The van der Waals surface area contributed by atoms with Crippen LogP contribution in [0.25, 0.3) is 0 Å². The summed E-state index contributed by atoms with van der Waals surface area (Å²) < 4.78 is 11.9. The molecule has 4 atom stereocenters. The van der Waals surface area contributed by atoms with Crippen LogP contribution in [0.4, 0.5) is 0 Å². The Morgan fingerprint density at radius 1 is 1.37 bits per heavy atom. The van der Waals surface area contributed by atoms with Crippen molar-refractivity contribution in [3.63, 3.8) is 0 Å². The second-order valence-electron chi connectivity index (χ2n) is 8.21. The van der Waals surface area contributed by atoms with E-state index in [1.54, 1.807) is 0 Å². The van der Waals surface area contributed by atoms with Gasteiger partial charge < -0.3 is 14.6 Å². The third kappa shape index (κ3) is 2.72. The molecule has 4 heteroatoms. The molecular formula is C23H32O4. The Morgan fingerprint density at radius 2 is 2.07 bits per heavy atom. The molecule has 0 radical (unpaired) electrons. The minimum atomic E-state index is -0.937. The lowest BCUT2D eigenvalue weighted by Crippen LogP contribution is -2.62. The van der Waals surface area contributed by atoms with Crippen LogP contribution in [0.2, 0.25) is 0 Å². The van der Waals surface area contributed by atoms with E-state index in [1.807, 2.05) is 19.1 Å². The van der Waals surface area contributed by atoms with E-state index in [0.29, 0.717) is 11.5 Å². The van der Waals surface area contributed by atoms with Crippen molar-refractivity contribution in [2.75, 3.05) is 0 Å². The smallest absolute Gasteiger partial charge is 0.308 e. The molecule has 0 spiro atoms. The summed E-state index contributed by atoms with van der Waals surface area (Å²) in [5, 5.41) is 11.9. The number of carbonyl (C=O) groups is 1. The zero-order valence-electron chi connectivity index (χ0n) is 17.2. The monoisotopic (exact) mass is 372 g/mol. The maximum atomic E-state index is 11.9. The molecule has 1 heterocycles. The summed E-state index contributed by atoms with van der Waals surface area (Å²) in [7, 11) is 0. The van der Waals surface area contributed by atoms with Gasteiger partial charge in [-0.05, 0) is 49.3 Å². The van der Waals surface area contributed by atoms with Crippen molar-refractivity contribution in [3.8, 4) is 11.5 Å². The number of hydrogen-bond donors (Lipinski definition) is 1. The van der Waals surface area contributed by atoms with Crippen molar-refractivity contribution in [1.82, 2.24) is 0 Å². The molecule has 0 fully saturated rings. The van der Waals surface area contributed by atoms with E-state index in [9.17, 15) is 9.90 Å². The Balaban J connectivity index is 2.33. The van der Waals surface area contributed by atoms with Gasteiger partial charge >= 0.3 is 5.97 Å². The number of rotatable bonds is 6. The Bertz CT molecular complexity index is 764. The predicted octanol–water partition coefficient (Wildman–Crippen LogP) is 4.71. The Hall–Kier alpha value is -1.81. The van der Waals surface area contributed by atoms with Crippen molar-refractivity contribution in [2.45, 2.75) is 83.8 Å². The first-order valence-corrected chi connectivity index (χ1v) is 10.2. The number of hydrogen-bond acceptors (Lipinski definition) is 4. The zero-order chi connectivity index (χ0) is 20.0. The quantitative estimate of drug-likeness (QED) is 0.446. The number of esters is 1. The maximum absolute atomic E-state index is 11.9. The van der Waals surface area contributed by atoms with E-state index in [-0.39, 0.29) is 18.0 Å².